The molecule has 5 heteroatoms. The summed E-state index contributed by atoms with van der Waals surface area (Å²) in [6.07, 6.45) is 0. The number of rotatable bonds is 4. The van der Waals surface area contributed by atoms with Crippen molar-refractivity contribution in [1.82, 2.24) is 10.1 Å². The minimum atomic E-state index is -0.336. The van der Waals surface area contributed by atoms with Crippen LogP contribution < -0.4 is 0 Å². The fourth-order valence-corrected chi connectivity index (χ4v) is 2.27. The molecule has 0 radical (unpaired) electrons. The van der Waals surface area contributed by atoms with Gasteiger partial charge < -0.3 is 4.52 Å². The number of ketones is 1. The molecular formula is C14H15BrN2O2. The zero-order chi connectivity index (χ0) is 14.0. The average molecular weight is 323 g/mol. The first-order valence-corrected chi connectivity index (χ1v) is 6.88. The Labute approximate surface area is 120 Å². The molecule has 0 bridgehead atoms. The zero-order valence-corrected chi connectivity index (χ0v) is 12.6. The SMILES string of the molecule is CC(=O)C(c1nc(-c2ccc(Br)cc2)no1)C(C)C. The van der Waals surface area contributed by atoms with E-state index < -0.39 is 0 Å². The van der Waals surface area contributed by atoms with Crippen LogP contribution in [-0.4, -0.2) is 15.9 Å². The van der Waals surface area contributed by atoms with Gasteiger partial charge in [-0.15, -0.1) is 0 Å². The Morgan fingerprint density at radius 3 is 2.42 bits per heavy atom. The summed E-state index contributed by atoms with van der Waals surface area (Å²) < 4.78 is 6.23. The number of halogens is 1. The number of nitrogens with zero attached hydrogens (tertiary/aromatic N) is 2. The molecule has 0 saturated carbocycles. The highest BCUT2D eigenvalue weighted by atomic mass is 79.9. The van der Waals surface area contributed by atoms with Crippen LogP contribution in [0.5, 0.6) is 0 Å². The first kappa shape index (κ1) is 13.9. The van der Waals surface area contributed by atoms with Gasteiger partial charge in [-0.2, -0.15) is 4.98 Å². The minimum absolute atomic E-state index is 0.0426. The van der Waals surface area contributed by atoms with Gasteiger partial charge in [0.15, 0.2) is 0 Å². The quantitative estimate of drug-likeness (QED) is 0.858. The maximum Gasteiger partial charge on any atom is 0.237 e. The normalized spacial score (nSPS) is 12.7. The average Bonchev–Trinajstić information content (AvgIpc) is 2.78. The van der Waals surface area contributed by atoms with Crippen LogP contribution in [0.3, 0.4) is 0 Å². The van der Waals surface area contributed by atoms with Crippen molar-refractivity contribution in [2.75, 3.05) is 0 Å². The van der Waals surface area contributed by atoms with Crippen LogP contribution in [0.25, 0.3) is 11.4 Å². The van der Waals surface area contributed by atoms with Crippen molar-refractivity contribution in [3.8, 4) is 11.4 Å². The van der Waals surface area contributed by atoms with Crippen molar-refractivity contribution in [1.29, 1.82) is 0 Å². The Morgan fingerprint density at radius 1 is 1.26 bits per heavy atom. The van der Waals surface area contributed by atoms with Crippen molar-refractivity contribution in [3.05, 3.63) is 34.6 Å². The Balaban J connectivity index is 2.32. The van der Waals surface area contributed by atoms with Crippen molar-refractivity contribution in [2.24, 2.45) is 5.92 Å². The number of benzene rings is 1. The van der Waals surface area contributed by atoms with E-state index in [0.29, 0.717) is 11.7 Å². The van der Waals surface area contributed by atoms with Gasteiger partial charge in [-0.3, -0.25) is 4.79 Å². The Bertz CT molecular complexity index is 575. The van der Waals surface area contributed by atoms with E-state index in [-0.39, 0.29) is 17.6 Å². The molecule has 0 aliphatic heterocycles. The molecule has 1 unspecified atom stereocenters. The summed E-state index contributed by atoms with van der Waals surface area (Å²) in [5.41, 5.74) is 0.865. The number of hydrogen-bond donors (Lipinski definition) is 0. The van der Waals surface area contributed by atoms with Crippen LogP contribution in [0.4, 0.5) is 0 Å². The van der Waals surface area contributed by atoms with Gasteiger partial charge in [0.2, 0.25) is 11.7 Å². The summed E-state index contributed by atoms with van der Waals surface area (Å²) in [5.74, 6) is 0.739. The van der Waals surface area contributed by atoms with Gasteiger partial charge in [0, 0.05) is 10.0 Å². The first-order chi connectivity index (χ1) is 8.99. The van der Waals surface area contributed by atoms with Crippen molar-refractivity contribution >= 4 is 21.7 Å². The summed E-state index contributed by atoms with van der Waals surface area (Å²) >= 11 is 3.38. The Morgan fingerprint density at radius 2 is 1.89 bits per heavy atom. The van der Waals surface area contributed by atoms with Crippen LogP contribution in [0.15, 0.2) is 33.3 Å². The van der Waals surface area contributed by atoms with Crippen LogP contribution in [0, 0.1) is 5.92 Å². The predicted molar refractivity (Wildman–Crippen MR) is 75.7 cm³/mol. The minimum Gasteiger partial charge on any atom is -0.338 e. The molecule has 0 N–H and O–H groups in total. The summed E-state index contributed by atoms with van der Waals surface area (Å²) in [6.45, 7) is 5.49. The lowest BCUT2D eigenvalue weighted by molar-refractivity contribution is -0.119. The van der Waals surface area contributed by atoms with E-state index in [1.165, 1.54) is 0 Å². The molecule has 19 heavy (non-hydrogen) atoms. The number of Topliss-reactive ketones (excluding diaryl/α,β-unsaturated/α-hetero) is 1. The second-order valence-corrected chi connectivity index (χ2v) is 5.71. The molecule has 2 rings (SSSR count). The predicted octanol–water partition coefficient (Wildman–Crippen LogP) is 3.83. The molecule has 4 nitrogen and oxygen atoms in total. The molecule has 100 valence electrons. The molecule has 1 atom stereocenters. The summed E-state index contributed by atoms with van der Waals surface area (Å²) in [5, 5.41) is 3.95. The van der Waals surface area contributed by atoms with E-state index in [0.717, 1.165) is 10.0 Å². The van der Waals surface area contributed by atoms with E-state index in [2.05, 4.69) is 26.1 Å². The fourth-order valence-electron chi connectivity index (χ4n) is 2.01. The number of carbonyl (C=O) groups excluding carboxylic acids is 1. The number of carbonyl (C=O) groups is 1. The third kappa shape index (κ3) is 3.10. The first-order valence-electron chi connectivity index (χ1n) is 6.09. The second kappa shape index (κ2) is 5.65. The molecular weight excluding hydrogens is 308 g/mol. The van der Waals surface area contributed by atoms with Crippen LogP contribution >= 0.6 is 15.9 Å². The van der Waals surface area contributed by atoms with E-state index in [1.807, 2.05) is 38.1 Å². The van der Waals surface area contributed by atoms with Gasteiger partial charge in [0.05, 0.1) is 5.92 Å². The lowest BCUT2D eigenvalue weighted by atomic mass is 9.92. The maximum atomic E-state index is 11.6. The largest absolute Gasteiger partial charge is 0.338 e. The Kier molecular flexibility index (Phi) is 4.14. The van der Waals surface area contributed by atoms with Gasteiger partial charge in [-0.1, -0.05) is 34.9 Å². The van der Waals surface area contributed by atoms with E-state index in [4.69, 9.17) is 4.52 Å². The molecule has 0 spiro atoms. The lowest BCUT2D eigenvalue weighted by Gasteiger charge is -2.12. The van der Waals surface area contributed by atoms with Crippen molar-refractivity contribution < 1.29 is 9.32 Å². The van der Waals surface area contributed by atoms with Gasteiger partial charge in [-0.25, -0.2) is 0 Å². The summed E-state index contributed by atoms with van der Waals surface area (Å²) in [6, 6.07) is 7.63. The highest BCUT2D eigenvalue weighted by Crippen LogP contribution is 2.26. The third-order valence-corrected chi connectivity index (χ3v) is 3.44. The fraction of sp³-hybridized carbons (Fsp3) is 0.357. The van der Waals surface area contributed by atoms with Crippen LogP contribution in [-0.2, 0) is 4.79 Å². The zero-order valence-electron chi connectivity index (χ0n) is 11.1. The van der Waals surface area contributed by atoms with Gasteiger partial charge in [0.25, 0.3) is 0 Å². The summed E-state index contributed by atoms with van der Waals surface area (Å²) in [4.78, 5) is 16.0. The number of aromatic nitrogens is 2. The second-order valence-electron chi connectivity index (χ2n) is 4.80. The smallest absolute Gasteiger partial charge is 0.237 e. The van der Waals surface area contributed by atoms with Gasteiger partial charge in [-0.05, 0) is 37.1 Å². The lowest BCUT2D eigenvalue weighted by Crippen LogP contribution is -2.15. The van der Waals surface area contributed by atoms with Crippen molar-refractivity contribution in [2.45, 2.75) is 26.7 Å². The summed E-state index contributed by atoms with van der Waals surface area (Å²) in [7, 11) is 0. The van der Waals surface area contributed by atoms with Crippen LogP contribution in [0.1, 0.15) is 32.6 Å². The Hall–Kier alpha value is -1.49. The maximum absolute atomic E-state index is 11.6. The van der Waals surface area contributed by atoms with E-state index in [1.54, 1.807) is 6.92 Å². The molecule has 0 saturated heterocycles. The van der Waals surface area contributed by atoms with E-state index in [9.17, 15) is 4.79 Å². The molecule has 1 heterocycles. The highest BCUT2D eigenvalue weighted by molar-refractivity contribution is 9.10. The molecule has 0 amide bonds. The molecule has 1 aromatic heterocycles. The highest BCUT2D eigenvalue weighted by Gasteiger charge is 2.27. The molecule has 0 fully saturated rings. The van der Waals surface area contributed by atoms with Gasteiger partial charge >= 0.3 is 0 Å². The monoisotopic (exact) mass is 322 g/mol. The standard InChI is InChI=1S/C14H15BrN2O2/c1-8(2)12(9(3)18)14-16-13(17-19-14)10-4-6-11(15)7-5-10/h4-8,12H,1-3H3. The topological polar surface area (TPSA) is 56.0 Å². The number of hydrogen-bond acceptors (Lipinski definition) is 4. The molecule has 1 aromatic carbocycles. The molecule has 2 aromatic rings. The molecule has 0 aliphatic rings. The van der Waals surface area contributed by atoms with Gasteiger partial charge in [0.1, 0.15) is 5.78 Å². The molecule has 0 aliphatic carbocycles. The van der Waals surface area contributed by atoms with Crippen molar-refractivity contribution in [3.63, 3.8) is 0 Å². The van der Waals surface area contributed by atoms with E-state index >= 15 is 0 Å². The van der Waals surface area contributed by atoms with Crippen LogP contribution in [0.2, 0.25) is 0 Å². The third-order valence-electron chi connectivity index (χ3n) is 2.91.